The van der Waals surface area contributed by atoms with E-state index >= 15 is 0 Å². The molecule has 0 amide bonds. The van der Waals surface area contributed by atoms with E-state index in [4.69, 9.17) is 9.47 Å². The molecule has 2 aromatic rings. The molecule has 4 heteroatoms. The van der Waals surface area contributed by atoms with Gasteiger partial charge in [-0.25, -0.2) is 9.18 Å². The lowest BCUT2D eigenvalue weighted by atomic mass is 10.2. The summed E-state index contributed by atoms with van der Waals surface area (Å²) in [5.41, 5.74) is 0.868. The first kappa shape index (κ1) is 13.1. The Morgan fingerprint density at radius 1 is 1.11 bits per heavy atom. The molecule has 0 atom stereocenters. The Morgan fingerprint density at radius 3 is 2.53 bits per heavy atom. The van der Waals surface area contributed by atoms with Gasteiger partial charge in [-0.05, 0) is 36.8 Å². The number of aryl methyl sites for hydroxylation is 1. The van der Waals surface area contributed by atoms with E-state index < -0.39 is 11.8 Å². The van der Waals surface area contributed by atoms with Gasteiger partial charge in [-0.1, -0.05) is 18.2 Å². The van der Waals surface area contributed by atoms with Crippen LogP contribution in [0.1, 0.15) is 15.9 Å². The maximum Gasteiger partial charge on any atom is 0.346 e. The van der Waals surface area contributed by atoms with Crippen LogP contribution in [0.2, 0.25) is 0 Å². The lowest BCUT2D eigenvalue weighted by Crippen LogP contribution is -2.11. The number of carbonyl (C=O) groups is 1. The third kappa shape index (κ3) is 2.91. The molecule has 98 valence electrons. The van der Waals surface area contributed by atoms with Gasteiger partial charge in [0.2, 0.25) is 0 Å². The molecular weight excluding hydrogens is 247 g/mol. The molecule has 3 nitrogen and oxygen atoms in total. The molecule has 19 heavy (non-hydrogen) atoms. The molecule has 0 aliphatic heterocycles. The average molecular weight is 260 g/mol. The fraction of sp³-hybridized carbons (Fsp3) is 0.133. The molecule has 0 N–H and O–H groups in total. The van der Waals surface area contributed by atoms with E-state index in [1.165, 1.54) is 25.3 Å². The maximum absolute atomic E-state index is 13.5. The van der Waals surface area contributed by atoms with E-state index in [9.17, 15) is 9.18 Å². The van der Waals surface area contributed by atoms with Crippen LogP contribution in [0.4, 0.5) is 4.39 Å². The highest BCUT2D eigenvalue weighted by Crippen LogP contribution is 2.28. The van der Waals surface area contributed by atoms with Gasteiger partial charge in [0.25, 0.3) is 0 Å². The van der Waals surface area contributed by atoms with Gasteiger partial charge in [0.1, 0.15) is 5.82 Å². The Morgan fingerprint density at radius 2 is 1.84 bits per heavy atom. The number of benzene rings is 2. The molecule has 0 radical (unpaired) electrons. The Bertz CT molecular complexity index is 608. The Kier molecular flexibility index (Phi) is 3.80. The van der Waals surface area contributed by atoms with E-state index in [0.717, 1.165) is 5.56 Å². The molecule has 0 spiro atoms. The van der Waals surface area contributed by atoms with Crippen molar-refractivity contribution in [3.63, 3.8) is 0 Å². The maximum atomic E-state index is 13.5. The van der Waals surface area contributed by atoms with Gasteiger partial charge in [0.05, 0.1) is 12.7 Å². The fourth-order valence-corrected chi connectivity index (χ4v) is 1.64. The summed E-state index contributed by atoms with van der Waals surface area (Å²) < 4.78 is 23.7. The average Bonchev–Trinajstić information content (AvgIpc) is 2.41. The van der Waals surface area contributed by atoms with E-state index in [0.29, 0.717) is 5.75 Å². The highest BCUT2D eigenvalue weighted by atomic mass is 19.1. The predicted molar refractivity (Wildman–Crippen MR) is 69.1 cm³/mol. The first-order chi connectivity index (χ1) is 9.11. The van der Waals surface area contributed by atoms with E-state index in [1.54, 1.807) is 24.3 Å². The van der Waals surface area contributed by atoms with Crippen LogP contribution in [0.25, 0.3) is 0 Å². The molecule has 0 saturated heterocycles. The van der Waals surface area contributed by atoms with Crippen LogP contribution < -0.4 is 9.47 Å². The monoisotopic (exact) mass is 260 g/mol. The standard InChI is InChI=1S/C15H13FO3/c1-10-7-8-13(14(9-10)18-2)19-15(17)11-5-3-4-6-12(11)16/h3-9H,1-2H3. The number of hydrogen-bond donors (Lipinski definition) is 0. The molecule has 0 bridgehead atoms. The molecule has 0 saturated carbocycles. The van der Waals surface area contributed by atoms with Crippen LogP contribution in [0.5, 0.6) is 11.5 Å². The minimum atomic E-state index is -0.750. The Labute approximate surface area is 110 Å². The zero-order valence-corrected chi connectivity index (χ0v) is 10.6. The second-order valence-corrected chi connectivity index (χ2v) is 4.02. The van der Waals surface area contributed by atoms with Crippen LogP contribution >= 0.6 is 0 Å². The van der Waals surface area contributed by atoms with Gasteiger partial charge >= 0.3 is 5.97 Å². The second kappa shape index (κ2) is 5.52. The van der Waals surface area contributed by atoms with Crippen molar-refractivity contribution in [3.8, 4) is 11.5 Å². The minimum absolute atomic E-state index is 0.106. The van der Waals surface area contributed by atoms with Gasteiger partial charge in [0.15, 0.2) is 11.5 Å². The lowest BCUT2D eigenvalue weighted by molar-refractivity contribution is 0.0725. The Hall–Kier alpha value is -2.36. The molecular formula is C15H13FO3. The summed E-state index contributed by atoms with van der Waals surface area (Å²) in [6.45, 7) is 1.89. The van der Waals surface area contributed by atoms with Gasteiger partial charge in [-0.15, -0.1) is 0 Å². The molecule has 0 aliphatic rings. The van der Waals surface area contributed by atoms with Crippen LogP contribution in [0.15, 0.2) is 42.5 Å². The largest absolute Gasteiger partial charge is 0.493 e. The predicted octanol–water partition coefficient (Wildman–Crippen LogP) is 3.36. The van der Waals surface area contributed by atoms with Crippen molar-refractivity contribution in [3.05, 3.63) is 59.4 Å². The molecule has 0 fully saturated rings. The van der Waals surface area contributed by atoms with Crippen molar-refractivity contribution in [1.82, 2.24) is 0 Å². The van der Waals surface area contributed by atoms with Crippen LogP contribution in [-0.4, -0.2) is 13.1 Å². The molecule has 0 unspecified atom stereocenters. The van der Waals surface area contributed by atoms with E-state index in [-0.39, 0.29) is 11.3 Å². The van der Waals surface area contributed by atoms with Crippen LogP contribution in [0.3, 0.4) is 0 Å². The first-order valence-electron chi connectivity index (χ1n) is 5.73. The third-order valence-corrected chi connectivity index (χ3v) is 2.62. The second-order valence-electron chi connectivity index (χ2n) is 4.02. The Balaban J connectivity index is 2.27. The highest BCUT2D eigenvalue weighted by Gasteiger charge is 2.15. The molecule has 2 aromatic carbocycles. The third-order valence-electron chi connectivity index (χ3n) is 2.62. The number of ether oxygens (including phenoxy) is 2. The molecule has 0 aromatic heterocycles. The quantitative estimate of drug-likeness (QED) is 0.627. The van der Waals surface area contributed by atoms with Crippen molar-refractivity contribution in [1.29, 1.82) is 0 Å². The number of methoxy groups -OCH3 is 1. The van der Waals surface area contributed by atoms with Crippen LogP contribution in [-0.2, 0) is 0 Å². The SMILES string of the molecule is COc1cc(C)ccc1OC(=O)c1ccccc1F. The van der Waals surface area contributed by atoms with E-state index in [2.05, 4.69) is 0 Å². The molecule has 2 rings (SSSR count). The lowest BCUT2D eigenvalue weighted by Gasteiger charge is -2.10. The van der Waals surface area contributed by atoms with Crippen molar-refractivity contribution < 1.29 is 18.7 Å². The smallest absolute Gasteiger partial charge is 0.346 e. The van der Waals surface area contributed by atoms with E-state index in [1.807, 2.05) is 6.92 Å². The normalized spacial score (nSPS) is 10.1. The number of halogens is 1. The van der Waals surface area contributed by atoms with Crippen LogP contribution in [0, 0.1) is 12.7 Å². The van der Waals surface area contributed by atoms with Crippen molar-refractivity contribution in [2.75, 3.05) is 7.11 Å². The molecule has 0 aliphatic carbocycles. The summed E-state index contributed by atoms with van der Waals surface area (Å²) in [6.07, 6.45) is 0. The number of carbonyl (C=O) groups excluding carboxylic acids is 1. The van der Waals surface area contributed by atoms with Gasteiger partial charge in [-0.2, -0.15) is 0 Å². The van der Waals surface area contributed by atoms with Gasteiger partial charge < -0.3 is 9.47 Å². The number of esters is 1. The van der Waals surface area contributed by atoms with Crippen molar-refractivity contribution in [2.24, 2.45) is 0 Å². The number of hydrogen-bond acceptors (Lipinski definition) is 3. The van der Waals surface area contributed by atoms with Gasteiger partial charge in [-0.3, -0.25) is 0 Å². The van der Waals surface area contributed by atoms with Crippen molar-refractivity contribution in [2.45, 2.75) is 6.92 Å². The summed E-state index contributed by atoms with van der Waals surface area (Å²) in [6, 6.07) is 10.8. The highest BCUT2D eigenvalue weighted by molar-refractivity contribution is 5.91. The zero-order chi connectivity index (χ0) is 13.8. The number of rotatable bonds is 3. The van der Waals surface area contributed by atoms with Crippen molar-refractivity contribution >= 4 is 5.97 Å². The summed E-state index contributed by atoms with van der Waals surface area (Å²) in [5, 5.41) is 0. The molecule has 0 heterocycles. The summed E-state index contributed by atoms with van der Waals surface area (Å²) in [5.74, 6) is -0.662. The topological polar surface area (TPSA) is 35.5 Å². The van der Waals surface area contributed by atoms with Gasteiger partial charge in [0, 0.05) is 0 Å². The minimum Gasteiger partial charge on any atom is -0.493 e. The fourth-order valence-electron chi connectivity index (χ4n) is 1.64. The summed E-state index contributed by atoms with van der Waals surface area (Å²) in [7, 11) is 1.48. The summed E-state index contributed by atoms with van der Waals surface area (Å²) >= 11 is 0. The first-order valence-corrected chi connectivity index (χ1v) is 5.73. The zero-order valence-electron chi connectivity index (χ0n) is 10.6. The summed E-state index contributed by atoms with van der Waals surface area (Å²) in [4.78, 5) is 11.9.